The Bertz CT molecular complexity index is 1080. The van der Waals surface area contributed by atoms with E-state index >= 15 is 0 Å². The predicted octanol–water partition coefficient (Wildman–Crippen LogP) is 3.06. The minimum Gasteiger partial charge on any atom is -0.497 e. The molecule has 0 N–H and O–H groups in total. The van der Waals surface area contributed by atoms with Crippen molar-refractivity contribution in [2.45, 2.75) is 26.2 Å². The van der Waals surface area contributed by atoms with Gasteiger partial charge in [-0.3, -0.25) is 14.6 Å². The van der Waals surface area contributed by atoms with Crippen LogP contribution in [0.15, 0.2) is 65.5 Å². The molecule has 33 heavy (non-hydrogen) atoms. The lowest BCUT2D eigenvalue weighted by Gasteiger charge is -2.25. The molecule has 0 radical (unpaired) electrons. The highest BCUT2D eigenvalue weighted by Gasteiger charge is 2.32. The van der Waals surface area contributed by atoms with Crippen LogP contribution in [0.3, 0.4) is 0 Å². The molecule has 1 aromatic carbocycles. The van der Waals surface area contributed by atoms with Gasteiger partial charge in [0.1, 0.15) is 18.1 Å². The molecule has 4 rings (SSSR count). The van der Waals surface area contributed by atoms with Crippen LogP contribution in [0, 0.1) is 6.92 Å². The quantitative estimate of drug-likeness (QED) is 0.551. The van der Waals surface area contributed by atoms with Gasteiger partial charge in [0.25, 0.3) is 5.91 Å². The van der Waals surface area contributed by atoms with Crippen LogP contribution in [0.5, 0.6) is 5.75 Å². The lowest BCUT2D eigenvalue weighted by atomic mass is 10.2. The molecule has 8 nitrogen and oxygen atoms in total. The van der Waals surface area contributed by atoms with Crippen molar-refractivity contribution in [1.29, 1.82) is 0 Å². The van der Waals surface area contributed by atoms with Gasteiger partial charge in [-0.05, 0) is 48.4 Å². The van der Waals surface area contributed by atoms with Gasteiger partial charge in [-0.2, -0.15) is 0 Å². The van der Waals surface area contributed by atoms with Crippen molar-refractivity contribution >= 4 is 11.8 Å². The minimum absolute atomic E-state index is 0.0191. The summed E-state index contributed by atoms with van der Waals surface area (Å²) in [5.74, 6) is 0.918. The zero-order valence-electron chi connectivity index (χ0n) is 18.8. The van der Waals surface area contributed by atoms with Crippen LogP contribution in [0.1, 0.15) is 27.2 Å². The first kappa shape index (κ1) is 22.5. The Labute approximate surface area is 192 Å². The second-order valence-corrected chi connectivity index (χ2v) is 7.99. The molecule has 0 aliphatic carbocycles. The maximum Gasteiger partial charge on any atom is 0.257 e. The van der Waals surface area contributed by atoms with E-state index in [-0.39, 0.29) is 24.5 Å². The van der Waals surface area contributed by atoms with Gasteiger partial charge >= 0.3 is 0 Å². The van der Waals surface area contributed by atoms with Crippen molar-refractivity contribution in [3.63, 3.8) is 0 Å². The molecule has 0 spiro atoms. The van der Waals surface area contributed by atoms with Crippen LogP contribution in [-0.2, 0) is 22.7 Å². The molecule has 2 amide bonds. The van der Waals surface area contributed by atoms with E-state index in [9.17, 15) is 9.59 Å². The first-order chi connectivity index (χ1) is 16.0. The smallest absolute Gasteiger partial charge is 0.257 e. The monoisotopic (exact) mass is 449 g/mol. The fraction of sp³-hybridized carbons (Fsp3) is 0.320. The van der Waals surface area contributed by atoms with Crippen LogP contribution in [0.4, 0.5) is 0 Å². The van der Waals surface area contributed by atoms with Gasteiger partial charge < -0.3 is 23.7 Å². The second-order valence-electron chi connectivity index (χ2n) is 7.99. The summed E-state index contributed by atoms with van der Waals surface area (Å²) in [5, 5.41) is 0. The van der Waals surface area contributed by atoms with Crippen molar-refractivity contribution in [2.24, 2.45) is 0 Å². The number of carbonyl (C=O) groups excluding carboxylic acids is 2. The fourth-order valence-corrected chi connectivity index (χ4v) is 3.81. The number of aryl methyl sites for hydroxylation is 1. The lowest BCUT2D eigenvalue weighted by Crippen LogP contribution is -2.39. The molecule has 172 valence electrons. The van der Waals surface area contributed by atoms with Crippen LogP contribution in [0.2, 0.25) is 0 Å². The second kappa shape index (κ2) is 10.3. The maximum atomic E-state index is 13.2. The van der Waals surface area contributed by atoms with Gasteiger partial charge in [-0.25, -0.2) is 0 Å². The SMILES string of the molecule is COc1ccc(CN2CC(OCc3ccncc3)CN(C(=O)c3ccoc3C)CC2=O)cc1. The molecule has 3 heterocycles. The normalized spacial score (nSPS) is 16.5. The van der Waals surface area contributed by atoms with E-state index in [1.54, 1.807) is 42.3 Å². The third-order valence-electron chi connectivity index (χ3n) is 5.67. The molecule has 1 unspecified atom stereocenters. The van der Waals surface area contributed by atoms with E-state index in [1.165, 1.54) is 6.26 Å². The third kappa shape index (κ3) is 5.59. The maximum absolute atomic E-state index is 13.2. The predicted molar refractivity (Wildman–Crippen MR) is 121 cm³/mol. The van der Waals surface area contributed by atoms with Gasteiger partial charge in [0.05, 0.1) is 31.6 Å². The zero-order valence-corrected chi connectivity index (χ0v) is 18.8. The molecule has 0 bridgehead atoms. The summed E-state index contributed by atoms with van der Waals surface area (Å²) in [6.45, 7) is 3.19. The number of furan rings is 1. The average Bonchev–Trinajstić information content (AvgIpc) is 3.20. The topological polar surface area (TPSA) is 85.1 Å². The minimum atomic E-state index is -0.348. The number of methoxy groups -OCH3 is 1. The molecule has 0 saturated carbocycles. The van der Waals surface area contributed by atoms with E-state index in [0.717, 1.165) is 16.9 Å². The van der Waals surface area contributed by atoms with Crippen LogP contribution in [-0.4, -0.2) is 59.4 Å². The van der Waals surface area contributed by atoms with Crippen LogP contribution in [0.25, 0.3) is 0 Å². The van der Waals surface area contributed by atoms with Crippen molar-refractivity contribution in [1.82, 2.24) is 14.8 Å². The summed E-state index contributed by atoms with van der Waals surface area (Å²) in [5.41, 5.74) is 2.41. The average molecular weight is 450 g/mol. The van der Waals surface area contributed by atoms with Crippen molar-refractivity contribution < 1.29 is 23.5 Å². The van der Waals surface area contributed by atoms with Crippen LogP contribution >= 0.6 is 0 Å². The first-order valence-electron chi connectivity index (χ1n) is 10.8. The molecule has 1 aliphatic heterocycles. The van der Waals surface area contributed by atoms with Gasteiger partial charge in [0, 0.05) is 32.0 Å². The number of rotatable bonds is 7. The number of aromatic nitrogens is 1. The molecule has 1 aliphatic rings. The standard InChI is InChI=1S/C25H27N3O5/c1-18-23(9-12-32-18)25(30)28-15-22(33-17-20-7-10-26-11-8-20)14-27(24(29)16-28)13-19-3-5-21(31-2)6-4-19/h3-12,22H,13-17H2,1-2H3. The fourth-order valence-electron chi connectivity index (χ4n) is 3.81. The van der Waals surface area contributed by atoms with Gasteiger partial charge in [0.2, 0.25) is 5.91 Å². The number of ether oxygens (including phenoxy) is 2. The number of nitrogens with zero attached hydrogens (tertiary/aromatic N) is 3. The van der Waals surface area contributed by atoms with Crippen LogP contribution < -0.4 is 4.74 Å². The molecule has 3 aromatic rings. The van der Waals surface area contributed by atoms with E-state index in [4.69, 9.17) is 13.9 Å². The number of hydrogen-bond donors (Lipinski definition) is 0. The van der Waals surface area contributed by atoms with Gasteiger partial charge in [0.15, 0.2) is 0 Å². The summed E-state index contributed by atoms with van der Waals surface area (Å²) < 4.78 is 16.7. The summed E-state index contributed by atoms with van der Waals surface area (Å²) in [4.78, 5) is 33.6. The number of amides is 2. The van der Waals surface area contributed by atoms with E-state index in [0.29, 0.717) is 37.6 Å². The van der Waals surface area contributed by atoms with Crippen molar-refractivity contribution in [3.8, 4) is 5.75 Å². The lowest BCUT2D eigenvalue weighted by molar-refractivity contribution is -0.132. The van der Waals surface area contributed by atoms with Gasteiger partial charge in [-0.1, -0.05) is 12.1 Å². The molecule has 2 aromatic heterocycles. The Kier molecular flexibility index (Phi) is 7.04. The largest absolute Gasteiger partial charge is 0.497 e. The number of benzene rings is 1. The summed E-state index contributed by atoms with van der Waals surface area (Å²) in [6.07, 6.45) is 4.56. The Morgan fingerprint density at radius 3 is 2.52 bits per heavy atom. The molecule has 1 fully saturated rings. The number of hydrogen-bond acceptors (Lipinski definition) is 6. The Balaban J connectivity index is 1.53. The van der Waals surface area contributed by atoms with E-state index in [1.807, 2.05) is 36.4 Å². The first-order valence-corrected chi connectivity index (χ1v) is 10.8. The van der Waals surface area contributed by atoms with E-state index < -0.39 is 0 Å². The van der Waals surface area contributed by atoms with Crippen molar-refractivity contribution in [3.05, 3.63) is 83.6 Å². The highest BCUT2D eigenvalue weighted by Crippen LogP contribution is 2.19. The number of carbonyl (C=O) groups is 2. The summed E-state index contributed by atoms with van der Waals surface area (Å²) in [6, 6.07) is 13.0. The Hall–Kier alpha value is -3.65. The Morgan fingerprint density at radius 1 is 1.09 bits per heavy atom. The highest BCUT2D eigenvalue weighted by atomic mass is 16.5. The highest BCUT2D eigenvalue weighted by molar-refractivity contribution is 5.97. The molecule has 8 heteroatoms. The molecular weight excluding hydrogens is 422 g/mol. The summed E-state index contributed by atoms with van der Waals surface area (Å²) >= 11 is 0. The Morgan fingerprint density at radius 2 is 1.85 bits per heavy atom. The molecule has 1 atom stereocenters. The van der Waals surface area contributed by atoms with Crippen molar-refractivity contribution in [2.75, 3.05) is 26.7 Å². The third-order valence-corrected chi connectivity index (χ3v) is 5.67. The number of pyridine rings is 1. The molecule has 1 saturated heterocycles. The van der Waals surface area contributed by atoms with E-state index in [2.05, 4.69) is 4.98 Å². The molecular formula is C25H27N3O5. The summed E-state index contributed by atoms with van der Waals surface area (Å²) in [7, 11) is 1.62. The zero-order chi connectivity index (χ0) is 23.2. The van der Waals surface area contributed by atoms with Gasteiger partial charge in [-0.15, -0.1) is 0 Å².